The second-order valence-electron chi connectivity index (χ2n) is 7.19. The Balaban J connectivity index is 1.48. The second kappa shape index (κ2) is 7.72. The van der Waals surface area contributed by atoms with Crippen molar-refractivity contribution in [1.29, 1.82) is 0 Å². The summed E-state index contributed by atoms with van der Waals surface area (Å²) in [5, 5.41) is 2.73. The first kappa shape index (κ1) is 19.2. The molecule has 0 spiro atoms. The summed E-state index contributed by atoms with van der Waals surface area (Å²) in [7, 11) is -3.67. The van der Waals surface area contributed by atoms with Crippen LogP contribution in [0.2, 0.25) is 0 Å². The van der Waals surface area contributed by atoms with Crippen LogP contribution in [0.5, 0.6) is 0 Å². The molecule has 0 aromatic heterocycles. The molecule has 0 heterocycles. The molecular formula is C23H22N2O3S. The van der Waals surface area contributed by atoms with E-state index in [4.69, 9.17) is 0 Å². The molecule has 3 aromatic carbocycles. The fraction of sp³-hybridized carbons (Fsp3) is 0.174. The maximum absolute atomic E-state index is 12.8. The molecule has 0 saturated carbocycles. The van der Waals surface area contributed by atoms with E-state index in [9.17, 15) is 13.2 Å². The predicted molar refractivity (Wildman–Crippen MR) is 114 cm³/mol. The highest BCUT2D eigenvalue weighted by molar-refractivity contribution is 7.92. The molecular weight excluding hydrogens is 384 g/mol. The van der Waals surface area contributed by atoms with Gasteiger partial charge in [-0.15, -0.1) is 0 Å². The molecule has 0 aliphatic heterocycles. The molecule has 0 bridgehead atoms. The summed E-state index contributed by atoms with van der Waals surface area (Å²) in [6.07, 6.45) is 1.46. The van der Waals surface area contributed by atoms with Gasteiger partial charge in [-0.2, -0.15) is 0 Å². The van der Waals surface area contributed by atoms with Crippen LogP contribution in [-0.4, -0.2) is 20.9 Å². The predicted octanol–water partition coefficient (Wildman–Crippen LogP) is 3.74. The van der Waals surface area contributed by atoms with Crippen LogP contribution >= 0.6 is 0 Å². The van der Waals surface area contributed by atoms with Crippen LogP contribution in [-0.2, 0) is 27.7 Å². The molecule has 148 valence electrons. The Hall–Kier alpha value is -3.12. The van der Waals surface area contributed by atoms with Crippen molar-refractivity contribution in [1.82, 2.24) is 5.32 Å². The first-order valence-corrected chi connectivity index (χ1v) is 11.0. The van der Waals surface area contributed by atoms with Crippen molar-refractivity contribution >= 4 is 21.6 Å². The summed E-state index contributed by atoms with van der Waals surface area (Å²) in [6.45, 7) is 2.00. The molecule has 1 amide bonds. The average Bonchev–Trinajstić information content (AvgIpc) is 3.05. The van der Waals surface area contributed by atoms with Gasteiger partial charge in [0.05, 0.1) is 4.90 Å². The van der Waals surface area contributed by atoms with Gasteiger partial charge in [0, 0.05) is 19.2 Å². The molecule has 1 aliphatic carbocycles. The number of fused-ring (bicyclic) bond motifs is 3. The Morgan fingerprint density at radius 3 is 2.41 bits per heavy atom. The van der Waals surface area contributed by atoms with E-state index in [0.717, 1.165) is 23.1 Å². The lowest BCUT2D eigenvalue weighted by atomic mass is 10.1. The molecule has 0 unspecified atom stereocenters. The van der Waals surface area contributed by atoms with Crippen LogP contribution in [0.1, 0.15) is 23.6 Å². The van der Waals surface area contributed by atoms with Gasteiger partial charge in [-0.05, 0) is 64.9 Å². The first-order valence-electron chi connectivity index (χ1n) is 9.50. The summed E-state index contributed by atoms with van der Waals surface area (Å²) in [5.41, 5.74) is 6.29. The topological polar surface area (TPSA) is 75.3 Å². The maximum Gasteiger partial charge on any atom is 0.261 e. The van der Waals surface area contributed by atoms with Crippen molar-refractivity contribution in [2.45, 2.75) is 24.7 Å². The number of nitrogens with one attached hydrogen (secondary N) is 2. The van der Waals surface area contributed by atoms with Gasteiger partial charge < -0.3 is 5.32 Å². The molecule has 5 nitrogen and oxygen atoms in total. The van der Waals surface area contributed by atoms with Gasteiger partial charge in [0.15, 0.2) is 0 Å². The lowest BCUT2D eigenvalue weighted by Gasteiger charge is -2.11. The van der Waals surface area contributed by atoms with Crippen LogP contribution in [0.25, 0.3) is 11.1 Å². The number of carbonyl (C=O) groups excluding carboxylic acids is 1. The Morgan fingerprint density at radius 2 is 1.66 bits per heavy atom. The number of carbonyl (C=O) groups is 1. The number of benzene rings is 3. The highest BCUT2D eigenvalue weighted by Crippen LogP contribution is 2.37. The zero-order valence-electron chi connectivity index (χ0n) is 16.1. The number of hydrogen-bond acceptors (Lipinski definition) is 3. The fourth-order valence-electron chi connectivity index (χ4n) is 3.64. The largest absolute Gasteiger partial charge is 0.356 e. The molecule has 0 radical (unpaired) electrons. The standard InChI is InChI=1S/C23H22N2O3S/c1-16(26)24-13-12-17-6-9-21(10-7-17)29(27,28)25-20-8-11-23-19(15-20)14-18-4-2-3-5-22(18)23/h2-11,15,25H,12-14H2,1H3,(H,24,26). The number of hydrogen-bond donors (Lipinski definition) is 2. The van der Waals surface area contributed by atoms with Crippen LogP contribution in [0.15, 0.2) is 71.6 Å². The molecule has 0 saturated heterocycles. The Morgan fingerprint density at radius 1 is 0.931 bits per heavy atom. The lowest BCUT2D eigenvalue weighted by Crippen LogP contribution is -2.22. The minimum absolute atomic E-state index is 0.0779. The van der Waals surface area contributed by atoms with Crippen molar-refractivity contribution in [3.05, 3.63) is 83.4 Å². The normalized spacial score (nSPS) is 12.2. The number of sulfonamides is 1. The molecule has 2 N–H and O–H groups in total. The van der Waals surface area contributed by atoms with Crippen LogP contribution in [0, 0.1) is 0 Å². The Labute approximate surface area is 170 Å². The van der Waals surface area contributed by atoms with E-state index in [1.807, 2.05) is 24.3 Å². The lowest BCUT2D eigenvalue weighted by molar-refractivity contribution is -0.118. The molecule has 0 fully saturated rings. The molecule has 29 heavy (non-hydrogen) atoms. The number of rotatable bonds is 6. The average molecular weight is 407 g/mol. The van der Waals surface area contributed by atoms with Crippen molar-refractivity contribution in [2.24, 2.45) is 0 Å². The van der Waals surface area contributed by atoms with Crippen molar-refractivity contribution < 1.29 is 13.2 Å². The van der Waals surface area contributed by atoms with E-state index in [1.165, 1.54) is 18.1 Å². The summed E-state index contributed by atoms with van der Waals surface area (Å²) in [4.78, 5) is 11.1. The number of anilines is 1. The van der Waals surface area contributed by atoms with E-state index in [1.54, 1.807) is 30.3 Å². The molecule has 4 rings (SSSR count). The third kappa shape index (κ3) is 4.17. The number of amides is 1. The zero-order chi connectivity index (χ0) is 20.4. The first-order chi connectivity index (χ1) is 13.9. The third-order valence-electron chi connectivity index (χ3n) is 5.07. The van der Waals surface area contributed by atoms with E-state index < -0.39 is 10.0 Å². The Kier molecular flexibility index (Phi) is 5.11. The summed E-state index contributed by atoms with van der Waals surface area (Å²) < 4.78 is 28.2. The van der Waals surface area contributed by atoms with Gasteiger partial charge >= 0.3 is 0 Å². The minimum atomic E-state index is -3.67. The molecule has 6 heteroatoms. The van der Waals surface area contributed by atoms with Gasteiger partial charge in [-0.1, -0.05) is 42.5 Å². The smallest absolute Gasteiger partial charge is 0.261 e. The van der Waals surface area contributed by atoms with Crippen LogP contribution < -0.4 is 10.0 Å². The van der Waals surface area contributed by atoms with Gasteiger partial charge in [0.25, 0.3) is 10.0 Å². The van der Waals surface area contributed by atoms with Gasteiger partial charge in [-0.3, -0.25) is 9.52 Å². The maximum atomic E-state index is 12.8. The van der Waals surface area contributed by atoms with E-state index >= 15 is 0 Å². The Bertz CT molecular complexity index is 1170. The highest BCUT2D eigenvalue weighted by atomic mass is 32.2. The van der Waals surface area contributed by atoms with E-state index in [2.05, 4.69) is 22.2 Å². The van der Waals surface area contributed by atoms with Gasteiger partial charge in [-0.25, -0.2) is 8.42 Å². The van der Waals surface area contributed by atoms with E-state index in [0.29, 0.717) is 18.7 Å². The SMILES string of the molecule is CC(=O)NCCc1ccc(S(=O)(=O)Nc2ccc3c(c2)Cc2ccccc2-3)cc1. The molecule has 1 aliphatic rings. The monoisotopic (exact) mass is 406 g/mol. The fourth-order valence-corrected chi connectivity index (χ4v) is 4.69. The van der Waals surface area contributed by atoms with Crippen molar-refractivity contribution in [2.75, 3.05) is 11.3 Å². The summed E-state index contributed by atoms with van der Waals surface area (Å²) in [5.74, 6) is -0.0779. The van der Waals surface area contributed by atoms with Crippen LogP contribution in [0.4, 0.5) is 5.69 Å². The quantitative estimate of drug-likeness (QED) is 0.512. The van der Waals surface area contributed by atoms with Crippen LogP contribution in [0.3, 0.4) is 0 Å². The summed E-state index contributed by atoms with van der Waals surface area (Å²) in [6, 6.07) is 20.7. The second-order valence-corrected chi connectivity index (χ2v) is 8.87. The highest BCUT2D eigenvalue weighted by Gasteiger charge is 2.20. The third-order valence-corrected chi connectivity index (χ3v) is 6.46. The molecule has 0 atom stereocenters. The van der Waals surface area contributed by atoms with E-state index in [-0.39, 0.29) is 10.8 Å². The van der Waals surface area contributed by atoms with Crippen molar-refractivity contribution in [3.8, 4) is 11.1 Å². The summed E-state index contributed by atoms with van der Waals surface area (Å²) >= 11 is 0. The van der Waals surface area contributed by atoms with Crippen molar-refractivity contribution in [3.63, 3.8) is 0 Å². The zero-order valence-corrected chi connectivity index (χ0v) is 16.9. The minimum Gasteiger partial charge on any atom is -0.356 e. The molecule has 3 aromatic rings. The van der Waals surface area contributed by atoms with Gasteiger partial charge in [0.1, 0.15) is 0 Å². The van der Waals surface area contributed by atoms with Gasteiger partial charge in [0.2, 0.25) is 5.91 Å².